The van der Waals surface area contributed by atoms with Gasteiger partial charge in [0.05, 0.1) is 10.2 Å². The van der Waals surface area contributed by atoms with Gasteiger partial charge in [-0.05, 0) is 60.6 Å². The molecule has 36 heavy (non-hydrogen) atoms. The molecule has 8 heteroatoms. The zero-order valence-electron chi connectivity index (χ0n) is 20.5. The molecule has 186 valence electrons. The van der Waals surface area contributed by atoms with E-state index in [-0.39, 0.29) is 18.0 Å². The molecule has 0 spiro atoms. The summed E-state index contributed by atoms with van der Waals surface area (Å²) in [4.78, 5) is 35.5. The maximum atomic E-state index is 13.9. The Bertz CT molecular complexity index is 1610. The van der Waals surface area contributed by atoms with Crippen LogP contribution in [0.5, 0.6) is 0 Å². The Hall–Kier alpha value is -3.26. The summed E-state index contributed by atoms with van der Waals surface area (Å²) in [6.07, 6.45) is 0. The van der Waals surface area contributed by atoms with E-state index in [4.69, 9.17) is 9.40 Å². The van der Waals surface area contributed by atoms with Crippen molar-refractivity contribution < 1.29 is 9.21 Å². The number of fused-ring (bicyclic) bond motifs is 4. The minimum atomic E-state index is -0.637. The predicted octanol–water partition coefficient (Wildman–Crippen LogP) is 6.27. The van der Waals surface area contributed by atoms with Gasteiger partial charge in [0.25, 0.3) is 5.91 Å². The third kappa shape index (κ3) is 4.87. The van der Waals surface area contributed by atoms with Gasteiger partial charge in [0.15, 0.2) is 5.13 Å². The van der Waals surface area contributed by atoms with Crippen molar-refractivity contribution >= 4 is 66.7 Å². The lowest BCUT2D eigenvalue weighted by Crippen LogP contribution is -2.40. The second-order valence-electron chi connectivity index (χ2n) is 8.60. The number of nitrogens with zero attached hydrogens (tertiary/aromatic N) is 3. The molecule has 0 atom stereocenters. The van der Waals surface area contributed by atoms with E-state index in [0.29, 0.717) is 23.8 Å². The summed E-state index contributed by atoms with van der Waals surface area (Å²) in [7, 11) is 0. The number of aryl methyl sites for hydroxylation is 1. The van der Waals surface area contributed by atoms with Gasteiger partial charge in [-0.25, -0.2) is 9.78 Å². The van der Waals surface area contributed by atoms with Gasteiger partial charge in [0, 0.05) is 18.5 Å². The zero-order chi connectivity index (χ0) is 24.5. The molecule has 0 aliphatic rings. The number of anilines is 1. The Balaban J connectivity index is 0.00000304. The first-order chi connectivity index (χ1) is 17.0. The first-order valence-electron chi connectivity index (χ1n) is 11.9. The molecule has 0 radical (unpaired) electrons. The molecule has 1 amide bonds. The second kappa shape index (κ2) is 10.8. The highest BCUT2D eigenvalue weighted by Crippen LogP contribution is 2.31. The quantitative estimate of drug-likeness (QED) is 0.186. The molecule has 2 aromatic heterocycles. The fourth-order valence-electron chi connectivity index (χ4n) is 4.37. The van der Waals surface area contributed by atoms with Crippen LogP contribution in [-0.4, -0.2) is 42.0 Å². The number of likely N-dealkylation sites (N-methyl/N-ethyl adjacent to an activating group) is 1. The fraction of sp³-hybridized carbons (Fsp3) is 0.250. The van der Waals surface area contributed by atoms with Crippen molar-refractivity contribution in [3.05, 3.63) is 82.2 Å². The number of benzene rings is 3. The van der Waals surface area contributed by atoms with Crippen molar-refractivity contribution in [2.45, 2.75) is 20.8 Å². The maximum Gasteiger partial charge on any atom is 0.349 e. The molecule has 6 nitrogen and oxygen atoms in total. The van der Waals surface area contributed by atoms with Gasteiger partial charge >= 0.3 is 5.63 Å². The molecular weight excluding hydrogens is 494 g/mol. The van der Waals surface area contributed by atoms with E-state index < -0.39 is 11.5 Å². The average Bonchev–Trinajstić information content (AvgIpc) is 3.28. The number of aromatic nitrogens is 1. The van der Waals surface area contributed by atoms with Crippen LogP contribution in [0, 0.1) is 6.92 Å². The molecule has 0 unspecified atom stereocenters. The van der Waals surface area contributed by atoms with E-state index in [1.54, 1.807) is 17.0 Å². The van der Waals surface area contributed by atoms with Gasteiger partial charge in [-0.1, -0.05) is 61.6 Å². The highest BCUT2D eigenvalue weighted by molar-refractivity contribution is 7.22. The smallest absolute Gasteiger partial charge is 0.349 e. The normalized spacial score (nSPS) is 11.3. The number of rotatable bonds is 7. The van der Waals surface area contributed by atoms with Gasteiger partial charge in [-0.3, -0.25) is 9.69 Å². The third-order valence-electron chi connectivity index (χ3n) is 6.42. The van der Waals surface area contributed by atoms with Crippen molar-refractivity contribution in [1.29, 1.82) is 0 Å². The summed E-state index contributed by atoms with van der Waals surface area (Å²) in [6, 6.07) is 19.3. The van der Waals surface area contributed by atoms with Crippen molar-refractivity contribution in [3.63, 3.8) is 0 Å². The van der Waals surface area contributed by atoms with E-state index in [1.165, 1.54) is 11.3 Å². The van der Waals surface area contributed by atoms with Crippen LogP contribution in [0.15, 0.2) is 69.9 Å². The van der Waals surface area contributed by atoms with Crippen LogP contribution < -0.4 is 10.5 Å². The Kier molecular flexibility index (Phi) is 7.73. The fourth-order valence-corrected chi connectivity index (χ4v) is 5.45. The van der Waals surface area contributed by atoms with Crippen LogP contribution in [0.4, 0.5) is 5.13 Å². The van der Waals surface area contributed by atoms with Crippen LogP contribution in [0.1, 0.15) is 29.8 Å². The van der Waals surface area contributed by atoms with E-state index in [0.717, 1.165) is 45.0 Å². The topological polar surface area (TPSA) is 66.7 Å². The third-order valence-corrected chi connectivity index (χ3v) is 7.46. The molecule has 5 rings (SSSR count). The molecule has 0 fully saturated rings. The predicted molar refractivity (Wildman–Crippen MR) is 151 cm³/mol. The van der Waals surface area contributed by atoms with E-state index in [2.05, 4.69) is 24.8 Å². The number of hydrogen-bond donors (Lipinski definition) is 0. The lowest BCUT2D eigenvalue weighted by molar-refractivity contribution is 0.0980. The minimum Gasteiger partial charge on any atom is -0.422 e. The molecule has 0 saturated carbocycles. The first-order valence-corrected chi connectivity index (χ1v) is 12.7. The van der Waals surface area contributed by atoms with Crippen LogP contribution in [0.25, 0.3) is 32.0 Å². The van der Waals surface area contributed by atoms with Crippen molar-refractivity contribution in [3.8, 4) is 0 Å². The molecule has 0 N–H and O–H groups in total. The second-order valence-corrected chi connectivity index (χ2v) is 9.61. The summed E-state index contributed by atoms with van der Waals surface area (Å²) in [5, 5.41) is 3.29. The Morgan fingerprint density at radius 2 is 1.75 bits per heavy atom. The molecule has 3 aromatic carbocycles. The highest BCUT2D eigenvalue weighted by atomic mass is 35.5. The lowest BCUT2D eigenvalue weighted by Gasteiger charge is -2.24. The first kappa shape index (κ1) is 25.8. The van der Waals surface area contributed by atoms with Crippen molar-refractivity contribution in [2.75, 3.05) is 31.1 Å². The van der Waals surface area contributed by atoms with Gasteiger partial charge < -0.3 is 9.32 Å². The van der Waals surface area contributed by atoms with E-state index in [9.17, 15) is 9.59 Å². The molecule has 5 aromatic rings. The van der Waals surface area contributed by atoms with Gasteiger partial charge in [-0.15, -0.1) is 12.4 Å². The van der Waals surface area contributed by atoms with Crippen LogP contribution in [-0.2, 0) is 0 Å². The Morgan fingerprint density at radius 1 is 0.972 bits per heavy atom. The number of thiazole rings is 1. The standard InChI is InChI=1S/C28H27N3O3S.ClH/c1-4-30(5-2)14-15-31(28-29-23-12-10-18(3)16-25(23)35-28)26(32)22-17-21-20-9-7-6-8-19(20)11-13-24(21)34-27(22)33;/h6-13,16-17H,4-5,14-15H2,1-3H3;1H. The monoisotopic (exact) mass is 521 g/mol. The minimum absolute atomic E-state index is 0. The molecule has 0 bridgehead atoms. The average molecular weight is 522 g/mol. The summed E-state index contributed by atoms with van der Waals surface area (Å²) in [6.45, 7) is 9.08. The summed E-state index contributed by atoms with van der Waals surface area (Å²) in [5.74, 6) is -0.392. The summed E-state index contributed by atoms with van der Waals surface area (Å²) >= 11 is 1.46. The van der Waals surface area contributed by atoms with Crippen molar-refractivity contribution in [1.82, 2.24) is 9.88 Å². The molecule has 0 aliphatic carbocycles. The summed E-state index contributed by atoms with van der Waals surface area (Å²) < 4.78 is 6.63. The molecular formula is C28H28ClN3O3S. The number of carbonyl (C=O) groups excluding carboxylic acids is 1. The molecule has 2 heterocycles. The largest absolute Gasteiger partial charge is 0.422 e. The molecule has 0 saturated heterocycles. The van der Waals surface area contributed by atoms with Crippen LogP contribution in [0.3, 0.4) is 0 Å². The van der Waals surface area contributed by atoms with E-state index >= 15 is 0 Å². The summed E-state index contributed by atoms with van der Waals surface area (Å²) in [5.41, 5.74) is 1.82. The number of hydrogen-bond acceptors (Lipinski definition) is 6. The lowest BCUT2D eigenvalue weighted by atomic mass is 10.0. The zero-order valence-corrected chi connectivity index (χ0v) is 22.1. The number of carbonyl (C=O) groups is 1. The van der Waals surface area contributed by atoms with Gasteiger partial charge in [-0.2, -0.15) is 0 Å². The Morgan fingerprint density at radius 3 is 2.53 bits per heavy atom. The number of amides is 1. The van der Waals surface area contributed by atoms with Gasteiger partial charge in [0.2, 0.25) is 0 Å². The SMILES string of the molecule is CCN(CC)CCN(C(=O)c1cc2c(ccc3ccccc32)oc1=O)c1nc2ccc(C)cc2s1.Cl. The highest BCUT2D eigenvalue weighted by Gasteiger charge is 2.25. The van der Waals surface area contributed by atoms with Crippen LogP contribution >= 0.6 is 23.7 Å². The molecule has 0 aliphatic heterocycles. The maximum absolute atomic E-state index is 13.9. The number of halogens is 1. The van der Waals surface area contributed by atoms with Crippen LogP contribution in [0.2, 0.25) is 0 Å². The van der Waals surface area contributed by atoms with E-state index in [1.807, 2.05) is 49.4 Å². The van der Waals surface area contributed by atoms with Crippen molar-refractivity contribution in [2.24, 2.45) is 0 Å². The Labute approximate surface area is 219 Å². The van der Waals surface area contributed by atoms with Gasteiger partial charge in [0.1, 0.15) is 11.1 Å².